The van der Waals surface area contributed by atoms with Crippen LogP contribution in [0, 0.1) is 28.6 Å². The predicted octanol–water partition coefficient (Wildman–Crippen LogP) is 2.57. The number of hydrogen-bond donors (Lipinski definition) is 2. The van der Waals surface area contributed by atoms with E-state index in [1.807, 2.05) is 19.9 Å². The van der Waals surface area contributed by atoms with Gasteiger partial charge in [0.2, 0.25) is 0 Å². The van der Waals surface area contributed by atoms with Crippen LogP contribution in [0.15, 0.2) is 23.8 Å². The standard InChI is InChI=1S/C19H25FO3/c1-18-8-7-11(21)9-10(18)3-4-12-13-5-6-14(22)19(13,2)17(20)16(23)15(12)18/h7-9,12-17,22-23H,3-6H2,1-2H3/t12-,13-,14-,15+,16-,17-,18-,19-/m0/s1. The van der Waals surface area contributed by atoms with Crippen LogP contribution in [0.25, 0.3) is 0 Å². The van der Waals surface area contributed by atoms with Gasteiger partial charge >= 0.3 is 0 Å². The van der Waals surface area contributed by atoms with E-state index in [-0.39, 0.29) is 23.5 Å². The van der Waals surface area contributed by atoms with Gasteiger partial charge in [0.1, 0.15) is 6.17 Å². The third-order valence-corrected chi connectivity index (χ3v) is 7.55. The van der Waals surface area contributed by atoms with Crippen molar-refractivity contribution < 1.29 is 19.4 Å². The lowest BCUT2D eigenvalue weighted by molar-refractivity contribution is -0.179. The molecule has 0 spiro atoms. The Morgan fingerprint density at radius 3 is 2.70 bits per heavy atom. The Labute approximate surface area is 136 Å². The van der Waals surface area contributed by atoms with E-state index in [1.54, 1.807) is 12.2 Å². The van der Waals surface area contributed by atoms with Gasteiger partial charge in [0.05, 0.1) is 12.2 Å². The number of alkyl halides is 1. The van der Waals surface area contributed by atoms with Crippen LogP contribution in [0.1, 0.15) is 39.5 Å². The zero-order chi connectivity index (χ0) is 16.6. The molecule has 4 aliphatic rings. The maximum atomic E-state index is 15.2. The van der Waals surface area contributed by atoms with Crippen molar-refractivity contribution in [3.63, 3.8) is 0 Å². The molecule has 126 valence electrons. The second-order valence-electron chi connectivity index (χ2n) is 8.37. The van der Waals surface area contributed by atoms with Crippen LogP contribution >= 0.6 is 0 Å². The number of rotatable bonds is 0. The minimum atomic E-state index is -1.42. The Kier molecular flexibility index (Phi) is 3.21. The molecule has 0 unspecified atom stereocenters. The molecule has 3 saturated carbocycles. The van der Waals surface area contributed by atoms with E-state index < -0.39 is 29.2 Å². The molecular formula is C19H25FO3. The molecule has 0 aromatic carbocycles. The van der Waals surface area contributed by atoms with Crippen LogP contribution in [0.4, 0.5) is 4.39 Å². The van der Waals surface area contributed by atoms with Crippen LogP contribution in [-0.2, 0) is 4.79 Å². The Morgan fingerprint density at radius 2 is 1.96 bits per heavy atom. The second-order valence-corrected chi connectivity index (χ2v) is 8.37. The molecule has 4 rings (SSSR count). The number of carbonyl (C=O) groups is 1. The molecule has 0 aromatic heterocycles. The molecule has 0 bridgehead atoms. The Bertz CT molecular complexity index is 612. The normalized spacial score (nSPS) is 55.0. The Balaban J connectivity index is 1.80. The average molecular weight is 320 g/mol. The number of hydrogen-bond acceptors (Lipinski definition) is 3. The van der Waals surface area contributed by atoms with Gasteiger partial charge in [-0.25, -0.2) is 4.39 Å². The molecule has 0 amide bonds. The maximum Gasteiger partial charge on any atom is 0.178 e. The van der Waals surface area contributed by atoms with Gasteiger partial charge in [0.25, 0.3) is 0 Å². The molecule has 3 nitrogen and oxygen atoms in total. The summed E-state index contributed by atoms with van der Waals surface area (Å²) >= 11 is 0. The van der Waals surface area contributed by atoms with Gasteiger partial charge < -0.3 is 10.2 Å². The first kappa shape index (κ1) is 15.5. The highest BCUT2D eigenvalue weighted by Crippen LogP contribution is 2.65. The number of allylic oxidation sites excluding steroid dienone is 4. The first-order valence-corrected chi connectivity index (χ1v) is 8.74. The predicted molar refractivity (Wildman–Crippen MR) is 84.3 cm³/mol. The summed E-state index contributed by atoms with van der Waals surface area (Å²) in [7, 11) is 0. The molecule has 4 heteroatoms. The molecule has 4 aliphatic carbocycles. The summed E-state index contributed by atoms with van der Waals surface area (Å²) < 4.78 is 15.2. The van der Waals surface area contributed by atoms with Crippen LogP contribution in [-0.4, -0.2) is 34.4 Å². The third kappa shape index (κ3) is 1.79. The van der Waals surface area contributed by atoms with Crippen molar-refractivity contribution in [3.8, 4) is 0 Å². The van der Waals surface area contributed by atoms with E-state index in [1.165, 1.54) is 0 Å². The van der Waals surface area contributed by atoms with Gasteiger partial charge in [-0.1, -0.05) is 25.5 Å². The number of ketones is 1. The molecular weight excluding hydrogens is 295 g/mol. The van der Waals surface area contributed by atoms with Crippen LogP contribution in [0.2, 0.25) is 0 Å². The van der Waals surface area contributed by atoms with Gasteiger partial charge in [0, 0.05) is 16.7 Å². The lowest BCUT2D eigenvalue weighted by atomic mass is 9.47. The summed E-state index contributed by atoms with van der Waals surface area (Å²) in [5.41, 5.74) is -0.262. The largest absolute Gasteiger partial charge is 0.392 e. The summed E-state index contributed by atoms with van der Waals surface area (Å²) in [6.45, 7) is 3.84. The zero-order valence-electron chi connectivity index (χ0n) is 13.7. The average Bonchev–Trinajstić information content (AvgIpc) is 2.82. The number of aliphatic hydroxyl groups excluding tert-OH is 2. The van der Waals surface area contributed by atoms with Crippen LogP contribution in [0.3, 0.4) is 0 Å². The van der Waals surface area contributed by atoms with Crippen molar-refractivity contribution in [3.05, 3.63) is 23.8 Å². The van der Waals surface area contributed by atoms with Gasteiger partial charge in [-0.3, -0.25) is 4.79 Å². The van der Waals surface area contributed by atoms with E-state index in [0.717, 1.165) is 24.8 Å². The first-order chi connectivity index (χ1) is 10.8. The zero-order valence-corrected chi connectivity index (χ0v) is 13.7. The Morgan fingerprint density at radius 1 is 1.22 bits per heavy atom. The highest BCUT2D eigenvalue weighted by molar-refractivity contribution is 6.01. The van der Waals surface area contributed by atoms with E-state index in [4.69, 9.17) is 0 Å². The van der Waals surface area contributed by atoms with Crippen molar-refractivity contribution in [2.45, 2.75) is 57.9 Å². The van der Waals surface area contributed by atoms with E-state index >= 15 is 4.39 Å². The Hall–Kier alpha value is -1.00. The van der Waals surface area contributed by atoms with Crippen molar-refractivity contribution >= 4 is 5.78 Å². The molecule has 0 aromatic rings. The molecule has 0 radical (unpaired) electrons. The molecule has 0 aliphatic heterocycles. The molecule has 23 heavy (non-hydrogen) atoms. The fraction of sp³-hybridized carbons (Fsp3) is 0.737. The van der Waals surface area contributed by atoms with Gasteiger partial charge in [-0.15, -0.1) is 0 Å². The quantitative estimate of drug-likeness (QED) is 0.721. The van der Waals surface area contributed by atoms with Crippen LogP contribution < -0.4 is 0 Å². The minimum absolute atomic E-state index is 0.0147. The minimum Gasteiger partial charge on any atom is -0.392 e. The maximum absolute atomic E-state index is 15.2. The molecule has 8 atom stereocenters. The van der Waals surface area contributed by atoms with Crippen molar-refractivity contribution in [1.29, 1.82) is 0 Å². The van der Waals surface area contributed by atoms with Gasteiger partial charge in [-0.05, 0) is 49.7 Å². The van der Waals surface area contributed by atoms with Gasteiger partial charge in [-0.2, -0.15) is 0 Å². The SMILES string of the molecule is C[C@@]12[C@@H](O)CC[C@H]1[C@@H]1CCC3=CC(=O)C=C[C@]3(C)[C@H]1[C@H](O)[C@@H]2F. The fourth-order valence-corrected chi connectivity index (χ4v) is 6.23. The lowest BCUT2D eigenvalue weighted by Gasteiger charge is -2.59. The highest BCUT2D eigenvalue weighted by Gasteiger charge is 2.66. The number of carbonyl (C=O) groups excluding carboxylic acids is 1. The van der Waals surface area contributed by atoms with E-state index in [9.17, 15) is 15.0 Å². The van der Waals surface area contributed by atoms with Crippen molar-refractivity contribution in [2.24, 2.45) is 28.6 Å². The smallest absolute Gasteiger partial charge is 0.178 e. The summed E-state index contributed by atoms with van der Waals surface area (Å²) in [6.07, 6.45) is 5.04. The second kappa shape index (κ2) is 4.76. The summed E-state index contributed by atoms with van der Waals surface area (Å²) in [5, 5.41) is 21.2. The topological polar surface area (TPSA) is 57.5 Å². The van der Waals surface area contributed by atoms with E-state index in [2.05, 4.69) is 0 Å². The number of halogens is 1. The van der Waals surface area contributed by atoms with Crippen molar-refractivity contribution in [1.82, 2.24) is 0 Å². The molecule has 2 N–H and O–H groups in total. The summed E-state index contributed by atoms with van der Waals surface area (Å²) in [6, 6.07) is 0. The van der Waals surface area contributed by atoms with Crippen molar-refractivity contribution in [2.75, 3.05) is 0 Å². The summed E-state index contributed by atoms with van der Waals surface area (Å²) in [5.74, 6) is 0.0637. The lowest BCUT2D eigenvalue weighted by Crippen LogP contribution is -2.62. The molecule has 0 saturated heterocycles. The fourth-order valence-electron chi connectivity index (χ4n) is 6.23. The van der Waals surface area contributed by atoms with Gasteiger partial charge in [0.15, 0.2) is 5.78 Å². The first-order valence-electron chi connectivity index (χ1n) is 8.74. The monoisotopic (exact) mass is 320 g/mol. The third-order valence-electron chi connectivity index (χ3n) is 7.55. The highest BCUT2D eigenvalue weighted by atomic mass is 19.1. The van der Waals surface area contributed by atoms with E-state index in [0.29, 0.717) is 6.42 Å². The van der Waals surface area contributed by atoms with Crippen LogP contribution in [0.5, 0.6) is 0 Å². The number of fused-ring (bicyclic) bond motifs is 5. The number of aliphatic hydroxyl groups is 2. The molecule has 0 heterocycles. The molecule has 3 fully saturated rings. The summed E-state index contributed by atoms with van der Waals surface area (Å²) in [4.78, 5) is 11.7.